The number of rotatable bonds is 5. The maximum atomic E-state index is 12.7. The minimum absolute atomic E-state index is 0.0341. The van der Waals surface area contributed by atoms with Gasteiger partial charge in [-0.25, -0.2) is 0 Å². The number of hydrogen-bond acceptors (Lipinski definition) is 2. The Morgan fingerprint density at radius 3 is 2.62 bits per heavy atom. The molecule has 0 spiro atoms. The van der Waals surface area contributed by atoms with Crippen molar-refractivity contribution in [3.05, 3.63) is 35.9 Å². The first-order chi connectivity index (χ1) is 10.2. The molecule has 2 aliphatic rings. The Bertz CT molecular complexity index is 485. The Morgan fingerprint density at radius 2 is 2.00 bits per heavy atom. The maximum Gasteiger partial charge on any atom is 0.225 e. The third-order valence-corrected chi connectivity index (χ3v) is 5.38. The van der Waals surface area contributed by atoms with Gasteiger partial charge in [0.05, 0.1) is 12.0 Å². The van der Waals surface area contributed by atoms with E-state index in [0.717, 1.165) is 19.3 Å². The van der Waals surface area contributed by atoms with Crippen molar-refractivity contribution in [1.29, 1.82) is 0 Å². The Morgan fingerprint density at radius 1 is 1.29 bits per heavy atom. The Labute approximate surface area is 127 Å². The molecule has 1 aromatic carbocycles. The zero-order valence-corrected chi connectivity index (χ0v) is 12.8. The molecule has 3 rings (SSSR count). The summed E-state index contributed by atoms with van der Waals surface area (Å²) >= 11 is 0. The number of nitrogens with two attached hydrogens (primary N) is 1. The van der Waals surface area contributed by atoms with Crippen LogP contribution in [0.25, 0.3) is 0 Å². The topological polar surface area (TPSA) is 55.1 Å². The molecule has 3 nitrogen and oxygen atoms in total. The lowest BCUT2D eigenvalue weighted by Crippen LogP contribution is -2.46. The van der Waals surface area contributed by atoms with Crippen LogP contribution in [0, 0.1) is 17.8 Å². The molecule has 3 N–H and O–H groups in total. The smallest absolute Gasteiger partial charge is 0.225 e. The fourth-order valence-corrected chi connectivity index (χ4v) is 4.29. The van der Waals surface area contributed by atoms with E-state index in [9.17, 15) is 4.79 Å². The first-order valence-corrected chi connectivity index (χ1v) is 8.31. The van der Waals surface area contributed by atoms with Crippen molar-refractivity contribution in [3.8, 4) is 0 Å². The van der Waals surface area contributed by atoms with Crippen LogP contribution >= 0.6 is 0 Å². The molecule has 0 aliphatic heterocycles. The lowest BCUT2D eigenvalue weighted by Gasteiger charge is -2.29. The van der Waals surface area contributed by atoms with Crippen molar-refractivity contribution in [1.82, 2.24) is 5.32 Å². The van der Waals surface area contributed by atoms with Gasteiger partial charge in [0.2, 0.25) is 5.91 Å². The highest BCUT2D eigenvalue weighted by atomic mass is 16.2. The average molecular weight is 286 g/mol. The van der Waals surface area contributed by atoms with Crippen molar-refractivity contribution < 1.29 is 4.79 Å². The van der Waals surface area contributed by atoms with Gasteiger partial charge in [-0.05, 0) is 43.1 Å². The van der Waals surface area contributed by atoms with E-state index in [4.69, 9.17) is 5.73 Å². The lowest BCUT2D eigenvalue weighted by molar-refractivity contribution is -0.127. The lowest BCUT2D eigenvalue weighted by atomic mass is 9.84. The molecule has 0 aromatic heterocycles. The number of carbonyl (C=O) groups is 1. The molecule has 0 heterocycles. The summed E-state index contributed by atoms with van der Waals surface area (Å²) in [6, 6.07) is 10.5. The molecule has 114 valence electrons. The number of amides is 1. The summed E-state index contributed by atoms with van der Waals surface area (Å²) < 4.78 is 0. The molecule has 3 heteroatoms. The molecule has 2 bridgehead atoms. The van der Waals surface area contributed by atoms with Crippen LogP contribution in [-0.2, 0) is 4.79 Å². The third-order valence-electron chi connectivity index (χ3n) is 5.38. The summed E-state index contributed by atoms with van der Waals surface area (Å²) in [4.78, 5) is 12.7. The van der Waals surface area contributed by atoms with Crippen LogP contribution in [0.15, 0.2) is 30.3 Å². The highest BCUT2D eigenvalue weighted by molar-refractivity contribution is 5.80. The summed E-state index contributed by atoms with van der Waals surface area (Å²) in [5.74, 6) is 1.30. The van der Waals surface area contributed by atoms with Crippen molar-refractivity contribution in [2.24, 2.45) is 23.5 Å². The SMILES string of the molecule is CCCC(NC(=O)C1C2CCC(C2)C1N)c1ccccc1. The number of benzene rings is 1. The van der Waals surface area contributed by atoms with E-state index in [0.29, 0.717) is 11.8 Å². The fourth-order valence-electron chi connectivity index (χ4n) is 4.29. The standard InChI is InChI=1S/C18H26N2O/c1-2-6-15(12-7-4-3-5-8-12)20-18(21)16-13-9-10-14(11-13)17(16)19/h3-5,7-8,13-17H,2,6,9-11,19H2,1H3,(H,20,21). The van der Waals surface area contributed by atoms with Gasteiger partial charge in [0.1, 0.15) is 0 Å². The van der Waals surface area contributed by atoms with Crippen LogP contribution in [0.5, 0.6) is 0 Å². The highest BCUT2D eigenvalue weighted by Gasteiger charge is 2.49. The number of carbonyl (C=O) groups excluding carboxylic acids is 1. The van der Waals surface area contributed by atoms with Gasteiger partial charge < -0.3 is 11.1 Å². The number of fused-ring (bicyclic) bond motifs is 2. The van der Waals surface area contributed by atoms with E-state index in [1.54, 1.807) is 0 Å². The second-order valence-corrected chi connectivity index (χ2v) is 6.70. The van der Waals surface area contributed by atoms with E-state index < -0.39 is 0 Å². The largest absolute Gasteiger partial charge is 0.349 e. The molecule has 2 saturated carbocycles. The Kier molecular flexibility index (Phi) is 4.29. The Balaban J connectivity index is 1.70. The van der Waals surface area contributed by atoms with Gasteiger partial charge in [-0.15, -0.1) is 0 Å². The number of hydrogen-bond donors (Lipinski definition) is 2. The predicted molar refractivity (Wildman–Crippen MR) is 84.5 cm³/mol. The first kappa shape index (κ1) is 14.6. The summed E-state index contributed by atoms with van der Waals surface area (Å²) in [6.07, 6.45) is 5.59. The van der Waals surface area contributed by atoms with Crippen molar-refractivity contribution in [3.63, 3.8) is 0 Å². The van der Waals surface area contributed by atoms with Gasteiger partial charge in [-0.3, -0.25) is 4.79 Å². The van der Waals surface area contributed by atoms with Crippen molar-refractivity contribution in [2.45, 2.75) is 51.1 Å². The highest BCUT2D eigenvalue weighted by Crippen LogP contribution is 2.47. The summed E-state index contributed by atoms with van der Waals surface area (Å²) in [6.45, 7) is 2.16. The van der Waals surface area contributed by atoms with Gasteiger partial charge in [0.25, 0.3) is 0 Å². The molecule has 0 saturated heterocycles. The summed E-state index contributed by atoms with van der Waals surface area (Å²) in [5.41, 5.74) is 7.49. The monoisotopic (exact) mass is 286 g/mol. The van der Waals surface area contributed by atoms with Gasteiger partial charge in [0.15, 0.2) is 0 Å². The van der Waals surface area contributed by atoms with E-state index in [2.05, 4.69) is 24.4 Å². The predicted octanol–water partition coefficient (Wildman–Crippen LogP) is 3.02. The molecule has 1 amide bonds. The van der Waals surface area contributed by atoms with Gasteiger partial charge in [-0.2, -0.15) is 0 Å². The molecule has 2 aliphatic carbocycles. The van der Waals surface area contributed by atoms with Gasteiger partial charge in [-0.1, -0.05) is 43.7 Å². The zero-order valence-electron chi connectivity index (χ0n) is 12.8. The fraction of sp³-hybridized carbons (Fsp3) is 0.611. The van der Waals surface area contributed by atoms with E-state index >= 15 is 0 Å². The molecular weight excluding hydrogens is 260 g/mol. The molecule has 2 fully saturated rings. The normalized spacial score (nSPS) is 32.1. The Hall–Kier alpha value is -1.35. The second kappa shape index (κ2) is 6.18. The van der Waals surface area contributed by atoms with E-state index in [-0.39, 0.29) is 23.9 Å². The van der Waals surface area contributed by atoms with Crippen LogP contribution in [0.4, 0.5) is 0 Å². The van der Waals surface area contributed by atoms with Crippen LogP contribution < -0.4 is 11.1 Å². The van der Waals surface area contributed by atoms with Crippen LogP contribution in [0.3, 0.4) is 0 Å². The molecule has 5 atom stereocenters. The minimum atomic E-state index is 0.0341. The van der Waals surface area contributed by atoms with Crippen molar-refractivity contribution in [2.75, 3.05) is 0 Å². The molecule has 21 heavy (non-hydrogen) atoms. The van der Waals surface area contributed by atoms with E-state index in [1.165, 1.54) is 18.4 Å². The maximum absolute atomic E-state index is 12.7. The summed E-state index contributed by atoms with van der Waals surface area (Å²) in [5, 5.41) is 3.27. The molecule has 5 unspecified atom stereocenters. The van der Waals surface area contributed by atoms with Crippen LogP contribution in [0.2, 0.25) is 0 Å². The zero-order chi connectivity index (χ0) is 14.8. The first-order valence-electron chi connectivity index (χ1n) is 8.31. The second-order valence-electron chi connectivity index (χ2n) is 6.70. The summed E-state index contributed by atoms with van der Waals surface area (Å²) in [7, 11) is 0. The van der Waals surface area contributed by atoms with Gasteiger partial charge in [0, 0.05) is 6.04 Å². The minimum Gasteiger partial charge on any atom is -0.349 e. The average Bonchev–Trinajstić information content (AvgIpc) is 3.08. The third kappa shape index (κ3) is 2.84. The van der Waals surface area contributed by atoms with Crippen LogP contribution in [0.1, 0.15) is 50.6 Å². The van der Waals surface area contributed by atoms with Gasteiger partial charge >= 0.3 is 0 Å². The molecule has 1 aromatic rings. The van der Waals surface area contributed by atoms with Crippen molar-refractivity contribution >= 4 is 5.91 Å². The quantitative estimate of drug-likeness (QED) is 0.874. The molecule has 0 radical (unpaired) electrons. The van der Waals surface area contributed by atoms with E-state index in [1.807, 2.05) is 18.2 Å². The molecular formula is C18H26N2O. The van der Waals surface area contributed by atoms with Crippen LogP contribution in [-0.4, -0.2) is 11.9 Å². The number of nitrogens with one attached hydrogen (secondary N) is 1.